The molecular weight excluding hydrogens is 387 g/mol. The molecule has 2 amide bonds. The molecule has 154 valence electrons. The number of likely N-dealkylation sites (tertiary alicyclic amines) is 1. The number of piperidine rings is 1. The third-order valence-corrected chi connectivity index (χ3v) is 4.44. The first kappa shape index (κ1) is 25.7. The Kier molecular flexibility index (Phi) is 13.1. The molecule has 27 heavy (non-hydrogen) atoms. The summed E-state index contributed by atoms with van der Waals surface area (Å²) in [6.45, 7) is 5.19. The number of hydrogen-bond acceptors (Lipinski definition) is 4. The summed E-state index contributed by atoms with van der Waals surface area (Å²) in [4.78, 5) is 26.4. The van der Waals surface area contributed by atoms with Gasteiger partial charge in [0.25, 0.3) is 0 Å². The van der Waals surface area contributed by atoms with Crippen molar-refractivity contribution < 1.29 is 9.59 Å². The third-order valence-electron chi connectivity index (χ3n) is 4.44. The normalized spacial score (nSPS) is 13.9. The van der Waals surface area contributed by atoms with E-state index in [4.69, 9.17) is 0 Å². The summed E-state index contributed by atoms with van der Waals surface area (Å²) < 4.78 is 0. The van der Waals surface area contributed by atoms with Gasteiger partial charge in [-0.25, -0.2) is 0 Å². The minimum atomic E-state index is -0.00954. The maximum atomic E-state index is 12.3. The van der Waals surface area contributed by atoms with Crippen LogP contribution in [0.5, 0.6) is 0 Å². The molecule has 2 rings (SSSR count). The largest absolute Gasteiger partial charge is 0.326 e. The molecule has 1 aromatic carbocycles. The molecule has 0 radical (unpaired) electrons. The Morgan fingerprint density at radius 1 is 1.04 bits per heavy atom. The number of amides is 2. The smallest absolute Gasteiger partial charge is 0.238 e. The van der Waals surface area contributed by atoms with Gasteiger partial charge in [-0.15, -0.1) is 24.8 Å². The Hall–Kier alpha value is -1.34. The first-order valence-electron chi connectivity index (χ1n) is 9.16. The van der Waals surface area contributed by atoms with Crippen molar-refractivity contribution in [1.82, 2.24) is 10.2 Å². The maximum absolute atomic E-state index is 12.3. The third kappa shape index (κ3) is 9.42. The summed E-state index contributed by atoms with van der Waals surface area (Å²) in [7, 11) is 1.87. The first-order valence-corrected chi connectivity index (χ1v) is 9.16. The molecular formula is C19H32Cl2N4O2. The van der Waals surface area contributed by atoms with Crippen LogP contribution in [0.1, 0.15) is 37.7 Å². The molecule has 6 nitrogen and oxygen atoms in total. The van der Waals surface area contributed by atoms with E-state index in [1.807, 2.05) is 32.2 Å². The van der Waals surface area contributed by atoms with E-state index in [0.29, 0.717) is 18.7 Å². The van der Waals surface area contributed by atoms with E-state index in [0.717, 1.165) is 37.3 Å². The second kappa shape index (κ2) is 13.8. The highest BCUT2D eigenvalue weighted by Crippen LogP contribution is 2.21. The van der Waals surface area contributed by atoms with E-state index in [9.17, 15) is 9.59 Å². The van der Waals surface area contributed by atoms with Crippen LogP contribution >= 0.6 is 24.8 Å². The number of carbonyl (C=O) groups excluding carboxylic acids is 2. The van der Waals surface area contributed by atoms with Gasteiger partial charge in [-0.3, -0.25) is 14.5 Å². The average molecular weight is 419 g/mol. The number of anilines is 2. The van der Waals surface area contributed by atoms with Crippen LogP contribution in [-0.4, -0.2) is 49.9 Å². The van der Waals surface area contributed by atoms with Crippen LogP contribution in [0.4, 0.5) is 11.4 Å². The highest BCUT2D eigenvalue weighted by Gasteiger charge is 2.14. The van der Waals surface area contributed by atoms with Gasteiger partial charge in [-0.2, -0.15) is 0 Å². The second-order valence-corrected chi connectivity index (χ2v) is 6.67. The summed E-state index contributed by atoms with van der Waals surface area (Å²) in [6, 6.07) is 5.62. The van der Waals surface area contributed by atoms with Crippen molar-refractivity contribution in [2.24, 2.45) is 0 Å². The van der Waals surface area contributed by atoms with Crippen LogP contribution in [0, 0.1) is 6.92 Å². The molecule has 1 aliphatic rings. The molecule has 1 aromatic rings. The number of benzene rings is 1. The van der Waals surface area contributed by atoms with Gasteiger partial charge in [0, 0.05) is 17.8 Å². The van der Waals surface area contributed by atoms with Crippen molar-refractivity contribution in [2.45, 2.75) is 39.0 Å². The van der Waals surface area contributed by atoms with Crippen LogP contribution < -0.4 is 16.0 Å². The molecule has 0 bridgehead atoms. The summed E-state index contributed by atoms with van der Waals surface area (Å²) in [5, 5.41) is 8.90. The first-order chi connectivity index (χ1) is 12.1. The Bertz CT molecular complexity index is 593. The molecule has 1 aliphatic heterocycles. The minimum absolute atomic E-state index is 0. The highest BCUT2D eigenvalue weighted by molar-refractivity contribution is 5.95. The summed E-state index contributed by atoms with van der Waals surface area (Å²) >= 11 is 0. The Morgan fingerprint density at radius 3 is 2.41 bits per heavy atom. The molecule has 1 heterocycles. The monoisotopic (exact) mass is 418 g/mol. The lowest BCUT2D eigenvalue weighted by molar-refractivity contribution is -0.117. The molecule has 0 atom stereocenters. The van der Waals surface area contributed by atoms with Crippen LogP contribution in [0.3, 0.4) is 0 Å². The van der Waals surface area contributed by atoms with E-state index >= 15 is 0 Å². The maximum Gasteiger partial charge on any atom is 0.238 e. The van der Waals surface area contributed by atoms with Crippen LogP contribution in [0.25, 0.3) is 0 Å². The van der Waals surface area contributed by atoms with Gasteiger partial charge < -0.3 is 16.0 Å². The van der Waals surface area contributed by atoms with E-state index in [2.05, 4.69) is 20.9 Å². The average Bonchev–Trinajstić information content (AvgIpc) is 2.59. The van der Waals surface area contributed by atoms with Crippen molar-refractivity contribution in [1.29, 1.82) is 0 Å². The molecule has 0 spiro atoms. The highest BCUT2D eigenvalue weighted by atomic mass is 35.5. The minimum Gasteiger partial charge on any atom is -0.326 e. The zero-order valence-electron chi connectivity index (χ0n) is 16.2. The number of carbonyl (C=O) groups is 2. The number of hydrogen-bond donors (Lipinski definition) is 3. The summed E-state index contributed by atoms with van der Waals surface area (Å²) in [5.41, 5.74) is 2.46. The van der Waals surface area contributed by atoms with Crippen molar-refractivity contribution in [3.8, 4) is 0 Å². The van der Waals surface area contributed by atoms with Gasteiger partial charge in [0.2, 0.25) is 11.8 Å². The number of rotatable bonds is 8. The van der Waals surface area contributed by atoms with Crippen LogP contribution in [-0.2, 0) is 9.59 Å². The Labute approximate surface area is 174 Å². The molecule has 8 heteroatoms. The fraction of sp³-hybridized carbons (Fsp3) is 0.579. The Balaban J connectivity index is 0.00000338. The molecule has 3 N–H and O–H groups in total. The quantitative estimate of drug-likeness (QED) is 0.566. The molecule has 1 saturated heterocycles. The molecule has 0 saturated carbocycles. The van der Waals surface area contributed by atoms with Crippen LogP contribution in [0.2, 0.25) is 0 Å². The molecule has 1 fully saturated rings. The zero-order valence-corrected chi connectivity index (χ0v) is 17.8. The predicted molar refractivity (Wildman–Crippen MR) is 116 cm³/mol. The lowest BCUT2D eigenvalue weighted by Crippen LogP contribution is -2.36. The lowest BCUT2D eigenvalue weighted by atomic mass is 10.1. The molecule has 0 aliphatic carbocycles. The second-order valence-electron chi connectivity index (χ2n) is 6.67. The van der Waals surface area contributed by atoms with E-state index < -0.39 is 0 Å². The van der Waals surface area contributed by atoms with Crippen molar-refractivity contribution in [2.75, 3.05) is 43.9 Å². The van der Waals surface area contributed by atoms with Crippen molar-refractivity contribution in [3.05, 3.63) is 23.8 Å². The van der Waals surface area contributed by atoms with Gasteiger partial charge in [0.1, 0.15) is 0 Å². The van der Waals surface area contributed by atoms with Crippen molar-refractivity contribution >= 4 is 48.0 Å². The number of aryl methyl sites for hydroxylation is 1. The standard InChI is InChI=1S/C19H30N4O2.2ClH/c1-15-8-9-16(21-18(24)7-6-10-20-2)13-17(15)22-19(25)14-23-11-4-3-5-12-23;;/h8-9,13,20H,3-7,10-12,14H2,1-2H3,(H,21,24)(H,22,25);2*1H. The molecule has 0 unspecified atom stereocenters. The van der Waals surface area contributed by atoms with Gasteiger partial charge >= 0.3 is 0 Å². The van der Waals surface area contributed by atoms with Gasteiger partial charge in [0.15, 0.2) is 0 Å². The molecule has 0 aromatic heterocycles. The number of nitrogens with zero attached hydrogens (tertiary/aromatic N) is 1. The van der Waals surface area contributed by atoms with Gasteiger partial charge in [-0.05, 0) is 70.6 Å². The fourth-order valence-electron chi connectivity index (χ4n) is 2.99. The van der Waals surface area contributed by atoms with E-state index in [1.165, 1.54) is 19.3 Å². The Morgan fingerprint density at radius 2 is 1.74 bits per heavy atom. The number of nitrogens with one attached hydrogen (secondary N) is 3. The fourth-order valence-corrected chi connectivity index (χ4v) is 2.99. The predicted octanol–water partition coefficient (Wildman–Crippen LogP) is 3.20. The van der Waals surface area contributed by atoms with Crippen LogP contribution in [0.15, 0.2) is 18.2 Å². The van der Waals surface area contributed by atoms with E-state index in [-0.39, 0.29) is 36.6 Å². The lowest BCUT2D eigenvalue weighted by Gasteiger charge is -2.25. The summed E-state index contributed by atoms with van der Waals surface area (Å²) in [6.07, 6.45) is 4.87. The van der Waals surface area contributed by atoms with E-state index in [1.54, 1.807) is 0 Å². The topological polar surface area (TPSA) is 73.5 Å². The van der Waals surface area contributed by atoms with Gasteiger partial charge in [-0.1, -0.05) is 12.5 Å². The summed E-state index contributed by atoms with van der Waals surface area (Å²) in [5.74, 6) is -0.00723. The zero-order chi connectivity index (χ0) is 18.1. The number of halogens is 2. The van der Waals surface area contributed by atoms with Gasteiger partial charge in [0.05, 0.1) is 6.54 Å². The van der Waals surface area contributed by atoms with Crippen molar-refractivity contribution in [3.63, 3.8) is 0 Å². The SMILES string of the molecule is CNCCCC(=O)Nc1ccc(C)c(NC(=O)CN2CCCCC2)c1.Cl.Cl.